The Labute approximate surface area is 201 Å². The van der Waals surface area contributed by atoms with Crippen LogP contribution in [0.4, 0.5) is 14.6 Å². The van der Waals surface area contributed by atoms with Crippen LogP contribution in [0, 0.1) is 11.6 Å². The Hall–Kier alpha value is -3.07. The van der Waals surface area contributed by atoms with E-state index in [9.17, 15) is 13.6 Å². The van der Waals surface area contributed by atoms with E-state index in [1.165, 1.54) is 41.2 Å². The second kappa shape index (κ2) is 9.82. The summed E-state index contributed by atoms with van der Waals surface area (Å²) in [5.74, 6) is -0.895. The van der Waals surface area contributed by atoms with Gasteiger partial charge >= 0.3 is 0 Å². The molecule has 0 atom stereocenters. The number of anilines is 1. The summed E-state index contributed by atoms with van der Waals surface area (Å²) in [5.41, 5.74) is 0.244. The van der Waals surface area contributed by atoms with Crippen molar-refractivity contribution in [2.45, 2.75) is 13.2 Å². The molecule has 0 unspecified atom stereocenters. The number of amides is 1. The molecule has 1 amide bonds. The minimum Gasteiger partial charge on any atom is -0.484 e. The normalized spacial score (nSPS) is 10.9. The average molecular weight is 513 g/mol. The molecule has 33 heavy (non-hydrogen) atoms. The summed E-state index contributed by atoms with van der Waals surface area (Å²) in [5, 5.41) is 7.22. The van der Waals surface area contributed by atoms with Crippen LogP contribution < -0.4 is 10.1 Å². The molecule has 0 aliphatic heterocycles. The highest BCUT2D eigenvalue weighted by molar-refractivity contribution is 6.33. The third-order valence-corrected chi connectivity index (χ3v) is 5.41. The fraction of sp³-hybridized carbons (Fsp3) is 0.0909. The maximum atomic E-state index is 14.0. The van der Waals surface area contributed by atoms with Crippen LogP contribution in [0.5, 0.6) is 5.75 Å². The highest BCUT2D eigenvalue weighted by atomic mass is 35.5. The highest BCUT2D eigenvalue weighted by Gasteiger charge is 2.17. The van der Waals surface area contributed by atoms with Crippen LogP contribution in [0.15, 0.2) is 59.1 Å². The van der Waals surface area contributed by atoms with Crippen LogP contribution in [-0.2, 0) is 13.2 Å². The quantitative estimate of drug-likeness (QED) is 0.303. The van der Waals surface area contributed by atoms with Gasteiger partial charge in [0.25, 0.3) is 5.91 Å². The molecule has 2 heterocycles. The van der Waals surface area contributed by atoms with Gasteiger partial charge in [0.1, 0.15) is 34.8 Å². The minimum atomic E-state index is -0.600. The number of carbonyl (C=O) groups excluding carboxylic acids is 1. The fourth-order valence-electron chi connectivity index (χ4n) is 2.90. The van der Waals surface area contributed by atoms with Gasteiger partial charge < -0.3 is 14.5 Å². The highest BCUT2D eigenvalue weighted by Crippen LogP contribution is 2.27. The molecule has 1 N–H and O–H groups in total. The maximum absolute atomic E-state index is 14.0. The van der Waals surface area contributed by atoms with Gasteiger partial charge in [0.05, 0.1) is 11.6 Å². The predicted molar refractivity (Wildman–Crippen MR) is 120 cm³/mol. The SMILES string of the molecule is O=C(Nc1nn(Cc2c(F)cccc2Cl)cc1Cl)c1ccc(COc2ccc(F)cc2Cl)o1. The zero-order valence-corrected chi connectivity index (χ0v) is 18.9. The molecule has 6 nitrogen and oxygen atoms in total. The molecule has 0 aliphatic rings. The number of hydrogen-bond donors (Lipinski definition) is 1. The van der Waals surface area contributed by atoms with Crippen molar-refractivity contribution < 1.29 is 22.7 Å². The Morgan fingerprint density at radius 2 is 1.88 bits per heavy atom. The second-order valence-electron chi connectivity index (χ2n) is 6.81. The molecule has 0 radical (unpaired) electrons. The number of furan rings is 1. The molecule has 2 aromatic heterocycles. The van der Waals surface area contributed by atoms with Crippen molar-refractivity contribution in [2.75, 3.05) is 5.32 Å². The molecular formula is C22H14Cl3F2N3O3. The third-order valence-electron chi connectivity index (χ3n) is 4.48. The van der Waals surface area contributed by atoms with Crippen LogP contribution in [0.25, 0.3) is 0 Å². The molecule has 4 rings (SSSR count). The minimum absolute atomic E-state index is 0.0124. The van der Waals surface area contributed by atoms with Gasteiger partial charge in [-0.15, -0.1) is 0 Å². The number of ether oxygens (including phenoxy) is 1. The molecule has 11 heteroatoms. The van der Waals surface area contributed by atoms with E-state index in [0.29, 0.717) is 5.76 Å². The topological polar surface area (TPSA) is 69.3 Å². The van der Waals surface area contributed by atoms with Gasteiger partial charge in [-0.3, -0.25) is 9.48 Å². The van der Waals surface area contributed by atoms with Crippen LogP contribution in [-0.4, -0.2) is 15.7 Å². The lowest BCUT2D eigenvalue weighted by Gasteiger charge is -2.06. The van der Waals surface area contributed by atoms with E-state index in [4.69, 9.17) is 44.0 Å². The number of carbonyl (C=O) groups is 1. The monoisotopic (exact) mass is 511 g/mol. The summed E-state index contributed by atoms with van der Waals surface area (Å²) >= 11 is 18.1. The molecule has 4 aromatic rings. The molecular weight excluding hydrogens is 499 g/mol. The van der Waals surface area contributed by atoms with Gasteiger partial charge in [-0.1, -0.05) is 40.9 Å². The van der Waals surface area contributed by atoms with Gasteiger partial charge in [-0.2, -0.15) is 5.10 Å². The first-order valence-electron chi connectivity index (χ1n) is 9.44. The van der Waals surface area contributed by atoms with Crippen LogP contribution in [0.3, 0.4) is 0 Å². The summed E-state index contributed by atoms with van der Waals surface area (Å²) in [6.07, 6.45) is 1.44. The third kappa shape index (κ3) is 5.47. The van der Waals surface area contributed by atoms with Crippen molar-refractivity contribution in [2.24, 2.45) is 0 Å². The van der Waals surface area contributed by atoms with E-state index in [-0.39, 0.29) is 51.1 Å². The zero-order valence-electron chi connectivity index (χ0n) is 16.6. The van der Waals surface area contributed by atoms with Crippen LogP contribution in [0.2, 0.25) is 15.1 Å². The predicted octanol–water partition coefficient (Wildman–Crippen LogP) is 6.59. The maximum Gasteiger partial charge on any atom is 0.292 e. The number of nitrogens with one attached hydrogen (secondary N) is 1. The van der Waals surface area contributed by atoms with Gasteiger partial charge in [0.15, 0.2) is 11.6 Å². The first-order chi connectivity index (χ1) is 15.8. The summed E-state index contributed by atoms with van der Waals surface area (Å²) in [4.78, 5) is 12.5. The fourth-order valence-corrected chi connectivity index (χ4v) is 3.54. The average Bonchev–Trinajstić information content (AvgIpc) is 3.37. The molecule has 0 saturated carbocycles. The summed E-state index contributed by atoms with van der Waals surface area (Å²) < 4.78 is 39.4. The van der Waals surface area contributed by atoms with E-state index in [2.05, 4.69) is 10.4 Å². The molecule has 0 aliphatic carbocycles. The van der Waals surface area contributed by atoms with Gasteiger partial charge in [0.2, 0.25) is 0 Å². The van der Waals surface area contributed by atoms with E-state index in [1.54, 1.807) is 12.1 Å². The number of hydrogen-bond acceptors (Lipinski definition) is 4. The zero-order chi connectivity index (χ0) is 23.5. The number of benzene rings is 2. The van der Waals surface area contributed by atoms with E-state index >= 15 is 0 Å². The van der Waals surface area contributed by atoms with Gasteiger partial charge in [-0.25, -0.2) is 8.78 Å². The van der Waals surface area contributed by atoms with Crippen LogP contribution >= 0.6 is 34.8 Å². The molecule has 0 fully saturated rings. The number of aromatic nitrogens is 2. The number of halogens is 5. The molecule has 2 aromatic carbocycles. The van der Waals surface area contributed by atoms with Gasteiger partial charge in [0, 0.05) is 16.8 Å². The smallest absolute Gasteiger partial charge is 0.292 e. The molecule has 170 valence electrons. The van der Waals surface area contributed by atoms with Crippen molar-refractivity contribution in [1.82, 2.24) is 9.78 Å². The lowest BCUT2D eigenvalue weighted by molar-refractivity contribution is 0.0992. The van der Waals surface area contributed by atoms with Gasteiger partial charge in [-0.05, 0) is 42.5 Å². The Kier molecular flexibility index (Phi) is 6.88. The molecule has 0 saturated heterocycles. The Morgan fingerprint density at radius 3 is 2.64 bits per heavy atom. The second-order valence-corrected chi connectivity index (χ2v) is 8.03. The van der Waals surface area contributed by atoms with Crippen molar-refractivity contribution in [3.8, 4) is 5.75 Å². The van der Waals surface area contributed by atoms with Crippen molar-refractivity contribution in [1.29, 1.82) is 0 Å². The number of nitrogens with zero attached hydrogens (tertiary/aromatic N) is 2. The van der Waals surface area contributed by atoms with Crippen LogP contribution in [0.1, 0.15) is 21.9 Å². The first kappa shape index (κ1) is 23.1. The number of rotatable bonds is 7. The summed E-state index contributed by atoms with van der Waals surface area (Å²) in [6.45, 7) is -0.00725. The lowest BCUT2D eigenvalue weighted by Crippen LogP contribution is -2.12. The Morgan fingerprint density at radius 1 is 1.06 bits per heavy atom. The van der Waals surface area contributed by atoms with E-state index in [0.717, 1.165) is 6.07 Å². The largest absolute Gasteiger partial charge is 0.484 e. The molecule has 0 bridgehead atoms. The van der Waals surface area contributed by atoms with Crippen molar-refractivity contribution >= 4 is 46.5 Å². The van der Waals surface area contributed by atoms with Crippen molar-refractivity contribution in [3.05, 3.63) is 98.5 Å². The summed E-state index contributed by atoms with van der Waals surface area (Å²) in [7, 11) is 0. The summed E-state index contributed by atoms with van der Waals surface area (Å²) in [6, 6.07) is 11.1. The van der Waals surface area contributed by atoms with Crippen molar-refractivity contribution in [3.63, 3.8) is 0 Å². The lowest BCUT2D eigenvalue weighted by atomic mass is 10.2. The van der Waals surface area contributed by atoms with E-state index < -0.39 is 17.5 Å². The Bertz CT molecular complexity index is 1300. The Balaban J connectivity index is 1.40. The molecule has 0 spiro atoms. The standard InChI is InChI=1S/C22H14Cl3F2N3O3/c23-15-2-1-3-18(27)14(15)9-30-10-17(25)21(29-30)28-22(31)20-7-5-13(33-20)11-32-19-6-4-12(26)8-16(19)24/h1-8,10H,9,11H2,(H,28,29,31). The first-order valence-corrected chi connectivity index (χ1v) is 10.6. The van der Waals surface area contributed by atoms with E-state index in [1.807, 2.05) is 0 Å².